The van der Waals surface area contributed by atoms with E-state index in [-0.39, 0.29) is 11.8 Å². The lowest BCUT2D eigenvalue weighted by Crippen LogP contribution is -2.15. The SMILES string of the molecule is COc1cc([C@H](N)CCN)ccc1O. The molecule has 0 saturated carbocycles. The molecule has 0 unspecified atom stereocenters. The number of hydrogen-bond donors (Lipinski definition) is 3. The number of nitrogens with two attached hydrogens (primary N) is 2. The van der Waals surface area contributed by atoms with Crippen molar-refractivity contribution >= 4 is 0 Å². The molecule has 0 amide bonds. The lowest BCUT2D eigenvalue weighted by Gasteiger charge is -2.12. The Hall–Kier alpha value is -1.26. The van der Waals surface area contributed by atoms with E-state index >= 15 is 0 Å². The summed E-state index contributed by atoms with van der Waals surface area (Å²) in [5, 5.41) is 9.36. The summed E-state index contributed by atoms with van der Waals surface area (Å²) in [5.41, 5.74) is 12.2. The molecule has 0 fully saturated rings. The number of benzene rings is 1. The first-order valence-electron chi connectivity index (χ1n) is 4.51. The van der Waals surface area contributed by atoms with Crippen molar-refractivity contribution < 1.29 is 9.84 Å². The summed E-state index contributed by atoms with van der Waals surface area (Å²) in [7, 11) is 1.51. The van der Waals surface area contributed by atoms with Gasteiger partial charge in [0.25, 0.3) is 0 Å². The number of aromatic hydroxyl groups is 1. The minimum absolute atomic E-state index is 0.102. The van der Waals surface area contributed by atoms with Crippen LogP contribution in [0.1, 0.15) is 18.0 Å². The van der Waals surface area contributed by atoms with Crippen LogP contribution in [-0.2, 0) is 0 Å². The third-order valence-corrected chi connectivity index (χ3v) is 2.11. The third-order valence-electron chi connectivity index (χ3n) is 2.11. The normalized spacial score (nSPS) is 12.5. The molecule has 0 bridgehead atoms. The molecular weight excluding hydrogens is 180 g/mol. The van der Waals surface area contributed by atoms with Gasteiger partial charge in [0.2, 0.25) is 0 Å². The molecule has 0 aliphatic carbocycles. The molecule has 0 aliphatic heterocycles. The Bertz CT molecular complexity index is 302. The lowest BCUT2D eigenvalue weighted by molar-refractivity contribution is 0.372. The van der Waals surface area contributed by atoms with Crippen molar-refractivity contribution in [3.8, 4) is 11.5 Å². The van der Waals surface area contributed by atoms with E-state index in [1.54, 1.807) is 18.2 Å². The molecule has 1 aromatic rings. The molecule has 0 saturated heterocycles. The molecule has 1 atom stereocenters. The zero-order chi connectivity index (χ0) is 10.6. The minimum Gasteiger partial charge on any atom is -0.504 e. The summed E-state index contributed by atoms with van der Waals surface area (Å²) in [6, 6.07) is 4.98. The first kappa shape index (κ1) is 10.8. The Balaban J connectivity index is 2.88. The standard InChI is InChI=1S/C10H16N2O2/c1-14-10-6-7(2-3-9(10)13)8(12)4-5-11/h2-3,6,8,13H,4-5,11-12H2,1H3/t8-/m1/s1. The molecule has 1 rings (SSSR count). The lowest BCUT2D eigenvalue weighted by atomic mass is 10.0. The van der Waals surface area contributed by atoms with Gasteiger partial charge in [0.05, 0.1) is 7.11 Å². The van der Waals surface area contributed by atoms with Gasteiger partial charge in [0.1, 0.15) is 0 Å². The van der Waals surface area contributed by atoms with Crippen molar-refractivity contribution in [1.82, 2.24) is 0 Å². The summed E-state index contributed by atoms with van der Waals surface area (Å²) < 4.78 is 4.98. The third kappa shape index (κ3) is 2.37. The molecule has 78 valence electrons. The first-order chi connectivity index (χ1) is 6.69. The van der Waals surface area contributed by atoms with Gasteiger partial charge in [0.15, 0.2) is 11.5 Å². The second-order valence-electron chi connectivity index (χ2n) is 3.12. The van der Waals surface area contributed by atoms with Crippen LogP contribution in [0, 0.1) is 0 Å². The minimum atomic E-state index is -0.102. The van der Waals surface area contributed by atoms with Gasteiger partial charge in [-0.3, -0.25) is 0 Å². The van der Waals surface area contributed by atoms with Gasteiger partial charge in [-0.25, -0.2) is 0 Å². The van der Waals surface area contributed by atoms with Crippen LogP contribution in [0.25, 0.3) is 0 Å². The van der Waals surface area contributed by atoms with Crippen molar-refractivity contribution in [3.63, 3.8) is 0 Å². The Morgan fingerprint density at radius 1 is 1.50 bits per heavy atom. The molecule has 0 spiro atoms. The van der Waals surface area contributed by atoms with Crippen LogP contribution >= 0.6 is 0 Å². The predicted molar refractivity (Wildman–Crippen MR) is 55.3 cm³/mol. The van der Waals surface area contributed by atoms with Crippen molar-refractivity contribution in [2.24, 2.45) is 11.5 Å². The van der Waals surface area contributed by atoms with Crippen LogP contribution in [0.5, 0.6) is 11.5 Å². The zero-order valence-corrected chi connectivity index (χ0v) is 8.23. The molecule has 0 heterocycles. The molecule has 0 aromatic heterocycles. The van der Waals surface area contributed by atoms with Crippen molar-refractivity contribution in [2.75, 3.05) is 13.7 Å². The second-order valence-corrected chi connectivity index (χ2v) is 3.12. The van der Waals surface area contributed by atoms with E-state index in [1.165, 1.54) is 7.11 Å². The molecule has 5 N–H and O–H groups in total. The average Bonchev–Trinajstić information content (AvgIpc) is 2.19. The topological polar surface area (TPSA) is 81.5 Å². The van der Waals surface area contributed by atoms with E-state index in [1.807, 2.05) is 0 Å². The summed E-state index contributed by atoms with van der Waals surface area (Å²) in [5.74, 6) is 0.561. The molecule has 1 aromatic carbocycles. The Morgan fingerprint density at radius 3 is 2.79 bits per heavy atom. The van der Waals surface area contributed by atoms with Gasteiger partial charge in [-0.1, -0.05) is 6.07 Å². The van der Waals surface area contributed by atoms with Gasteiger partial charge in [0, 0.05) is 6.04 Å². The number of methoxy groups -OCH3 is 1. The molecular formula is C10H16N2O2. The van der Waals surface area contributed by atoms with E-state index in [4.69, 9.17) is 16.2 Å². The highest BCUT2D eigenvalue weighted by molar-refractivity contribution is 5.42. The molecule has 4 nitrogen and oxygen atoms in total. The number of phenols is 1. The highest BCUT2D eigenvalue weighted by Gasteiger charge is 2.08. The van der Waals surface area contributed by atoms with E-state index in [2.05, 4.69) is 0 Å². The number of ether oxygens (including phenoxy) is 1. The summed E-state index contributed by atoms with van der Waals surface area (Å²) >= 11 is 0. The fourth-order valence-corrected chi connectivity index (χ4v) is 1.27. The van der Waals surface area contributed by atoms with Crippen molar-refractivity contribution in [1.29, 1.82) is 0 Å². The largest absolute Gasteiger partial charge is 0.504 e. The van der Waals surface area contributed by atoms with Gasteiger partial charge in [-0.2, -0.15) is 0 Å². The van der Waals surface area contributed by atoms with Crippen LogP contribution in [0.3, 0.4) is 0 Å². The summed E-state index contributed by atoms with van der Waals surface area (Å²) in [6.07, 6.45) is 0.716. The van der Waals surface area contributed by atoms with Gasteiger partial charge in [-0.15, -0.1) is 0 Å². The Labute approximate surface area is 83.5 Å². The van der Waals surface area contributed by atoms with Crippen LogP contribution < -0.4 is 16.2 Å². The maximum absolute atomic E-state index is 9.36. The molecule has 4 heteroatoms. The van der Waals surface area contributed by atoms with Crippen LogP contribution in [0.2, 0.25) is 0 Å². The highest BCUT2D eigenvalue weighted by Crippen LogP contribution is 2.28. The van der Waals surface area contributed by atoms with Gasteiger partial charge >= 0.3 is 0 Å². The molecule has 14 heavy (non-hydrogen) atoms. The smallest absolute Gasteiger partial charge is 0.160 e. The highest BCUT2D eigenvalue weighted by atomic mass is 16.5. The van der Waals surface area contributed by atoms with E-state index in [9.17, 15) is 5.11 Å². The van der Waals surface area contributed by atoms with Crippen LogP contribution in [0.4, 0.5) is 0 Å². The van der Waals surface area contributed by atoms with E-state index in [0.717, 1.165) is 5.56 Å². The van der Waals surface area contributed by atoms with Gasteiger partial charge < -0.3 is 21.3 Å². The monoisotopic (exact) mass is 196 g/mol. The van der Waals surface area contributed by atoms with Crippen molar-refractivity contribution in [3.05, 3.63) is 23.8 Å². The maximum atomic E-state index is 9.36. The number of phenolic OH excluding ortho intramolecular Hbond substituents is 1. The molecule has 0 radical (unpaired) electrons. The quantitative estimate of drug-likeness (QED) is 0.663. The van der Waals surface area contributed by atoms with Crippen LogP contribution in [-0.4, -0.2) is 18.8 Å². The maximum Gasteiger partial charge on any atom is 0.160 e. The van der Waals surface area contributed by atoms with Gasteiger partial charge in [-0.05, 0) is 30.7 Å². The molecule has 0 aliphatic rings. The Morgan fingerprint density at radius 2 is 2.21 bits per heavy atom. The fourth-order valence-electron chi connectivity index (χ4n) is 1.27. The van der Waals surface area contributed by atoms with Crippen molar-refractivity contribution in [2.45, 2.75) is 12.5 Å². The number of hydrogen-bond acceptors (Lipinski definition) is 4. The van der Waals surface area contributed by atoms with E-state index < -0.39 is 0 Å². The zero-order valence-electron chi connectivity index (χ0n) is 8.23. The van der Waals surface area contributed by atoms with E-state index in [0.29, 0.717) is 18.7 Å². The fraction of sp³-hybridized carbons (Fsp3) is 0.400. The summed E-state index contributed by atoms with van der Waals surface area (Å²) in [4.78, 5) is 0. The number of rotatable bonds is 4. The second kappa shape index (κ2) is 4.83. The average molecular weight is 196 g/mol. The van der Waals surface area contributed by atoms with Crippen LogP contribution in [0.15, 0.2) is 18.2 Å². The summed E-state index contributed by atoms with van der Waals surface area (Å²) in [6.45, 7) is 0.546. The Kier molecular flexibility index (Phi) is 3.73. The first-order valence-corrected chi connectivity index (χ1v) is 4.51. The predicted octanol–water partition coefficient (Wildman–Crippen LogP) is 0.749.